The summed E-state index contributed by atoms with van der Waals surface area (Å²) in [5.41, 5.74) is 1.88. The number of rotatable bonds is 1. The van der Waals surface area contributed by atoms with Crippen molar-refractivity contribution in [2.75, 3.05) is 0 Å². The molecule has 1 aromatic carbocycles. The summed E-state index contributed by atoms with van der Waals surface area (Å²) in [7, 11) is 0. The molecule has 6 heteroatoms. The zero-order chi connectivity index (χ0) is 12.6. The molecule has 0 atom stereocenters. The van der Waals surface area contributed by atoms with Crippen LogP contribution in [0.25, 0.3) is 11.4 Å². The van der Waals surface area contributed by atoms with Crippen LogP contribution in [0.2, 0.25) is 5.02 Å². The average Bonchev–Trinajstić information content (AvgIpc) is 2.29. The van der Waals surface area contributed by atoms with E-state index >= 15 is 0 Å². The minimum atomic E-state index is 0.544. The fourth-order valence-electron chi connectivity index (χ4n) is 1.35. The van der Waals surface area contributed by atoms with Crippen LogP contribution in [0, 0.1) is 11.6 Å². The summed E-state index contributed by atoms with van der Waals surface area (Å²) in [6.45, 7) is 1.94. The predicted octanol–water partition coefficient (Wildman–Crippen LogP) is 5.29. The van der Waals surface area contributed by atoms with Crippen LogP contribution >= 0.6 is 55.7 Å². The Kier molecular flexibility index (Phi) is 4.02. The van der Waals surface area contributed by atoms with Crippen LogP contribution in [0.15, 0.2) is 27.1 Å². The molecule has 0 amide bonds. The Labute approximate surface area is 126 Å². The molecule has 0 unspecified atom stereocenters. The fourth-order valence-corrected chi connectivity index (χ4v) is 2.28. The Morgan fingerprint density at radius 3 is 2.65 bits per heavy atom. The van der Waals surface area contributed by atoms with Crippen molar-refractivity contribution in [2.45, 2.75) is 6.92 Å². The van der Waals surface area contributed by atoms with Crippen LogP contribution < -0.4 is 0 Å². The molecule has 0 aliphatic heterocycles. The molecule has 0 aliphatic carbocycles. The van der Waals surface area contributed by atoms with Gasteiger partial charge in [0.05, 0.1) is 9.50 Å². The molecule has 2 aromatic rings. The van der Waals surface area contributed by atoms with E-state index in [-0.39, 0.29) is 0 Å². The van der Waals surface area contributed by atoms with Gasteiger partial charge in [-0.25, -0.2) is 4.98 Å². The molecule has 1 N–H and O–H groups in total. The van der Waals surface area contributed by atoms with E-state index in [4.69, 9.17) is 23.8 Å². The summed E-state index contributed by atoms with van der Waals surface area (Å²) >= 11 is 17.9. The third kappa shape index (κ3) is 2.78. The monoisotopic (exact) mass is 392 g/mol. The minimum absolute atomic E-state index is 0.544. The second-order valence-electron chi connectivity index (χ2n) is 3.46. The van der Waals surface area contributed by atoms with E-state index < -0.39 is 0 Å². The number of aromatic amines is 1. The lowest BCUT2D eigenvalue weighted by Gasteiger charge is -2.06. The smallest absolute Gasteiger partial charge is 0.144 e. The minimum Gasteiger partial charge on any atom is -0.342 e. The molecular formula is C11H7Br2ClN2S. The zero-order valence-corrected chi connectivity index (χ0v) is 13.5. The second-order valence-corrected chi connectivity index (χ2v) is 5.90. The van der Waals surface area contributed by atoms with Crippen LogP contribution in [-0.2, 0) is 0 Å². The molecule has 0 saturated carbocycles. The molecule has 2 rings (SSSR count). The second kappa shape index (κ2) is 5.18. The van der Waals surface area contributed by atoms with Gasteiger partial charge in [0.1, 0.15) is 10.5 Å². The van der Waals surface area contributed by atoms with Crippen molar-refractivity contribution in [2.24, 2.45) is 0 Å². The molecule has 2 nitrogen and oxygen atoms in total. The number of nitrogens with one attached hydrogen (secondary N) is 1. The number of benzene rings is 1. The Balaban J connectivity index is 2.61. The van der Waals surface area contributed by atoms with Crippen molar-refractivity contribution in [1.29, 1.82) is 0 Å². The summed E-state index contributed by atoms with van der Waals surface area (Å²) in [5.74, 6) is 0.730. The molecule has 0 fully saturated rings. The molecule has 0 saturated heterocycles. The van der Waals surface area contributed by atoms with Gasteiger partial charge in [0.2, 0.25) is 0 Å². The van der Waals surface area contributed by atoms with Gasteiger partial charge in [0.15, 0.2) is 0 Å². The van der Waals surface area contributed by atoms with Crippen molar-refractivity contribution in [1.82, 2.24) is 9.97 Å². The highest BCUT2D eigenvalue weighted by Gasteiger charge is 2.06. The summed E-state index contributed by atoms with van der Waals surface area (Å²) in [5, 5.41) is 0.668. The molecule has 0 spiro atoms. The lowest BCUT2D eigenvalue weighted by molar-refractivity contribution is 1.08. The Hall–Kier alpha value is -0.230. The Morgan fingerprint density at radius 1 is 1.35 bits per heavy atom. The van der Waals surface area contributed by atoms with Gasteiger partial charge in [0, 0.05) is 15.7 Å². The number of hydrogen-bond acceptors (Lipinski definition) is 2. The van der Waals surface area contributed by atoms with Crippen LogP contribution in [-0.4, -0.2) is 9.97 Å². The molecule has 1 heterocycles. The molecule has 17 heavy (non-hydrogen) atoms. The molecule has 0 radical (unpaired) electrons. The van der Waals surface area contributed by atoms with E-state index in [1.54, 1.807) is 0 Å². The van der Waals surface area contributed by atoms with Crippen molar-refractivity contribution in [3.63, 3.8) is 0 Å². The number of aromatic nitrogens is 2. The standard InChI is InChI=1S/C11H7Br2ClN2S/c1-5-9(13)11(17)16-10(15-5)6-2-3-8(14)7(12)4-6/h2-4H,1H3,(H,15,16,17). The summed E-state index contributed by atoms with van der Waals surface area (Å²) in [6.07, 6.45) is 0. The quantitative estimate of drug-likeness (QED) is 0.666. The number of hydrogen-bond donors (Lipinski definition) is 1. The Bertz CT molecular complexity index is 640. The van der Waals surface area contributed by atoms with Gasteiger partial charge in [-0.2, -0.15) is 0 Å². The summed E-state index contributed by atoms with van der Waals surface area (Å²) < 4.78 is 2.20. The molecular weight excluding hydrogens is 387 g/mol. The maximum atomic E-state index is 5.95. The van der Waals surface area contributed by atoms with E-state index in [0.29, 0.717) is 9.66 Å². The molecule has 1 aromatic heterocycles. The molecule has 0 bridgehead atoms. The first-order valence-corrected chi connectivity index (χ1v) is 7.08. The van der Waals surface area contributed by atoms with E-state index in [9.17, 15) is 0 Å². The van der Waals surface area contributed by atoms with Gasteiger partial charge in [-0.1, -0.05) is 23.8 Å². The third-order valence-electron chi connectivity index (χ3n) is 2.23. The van der Waals surface area contributed by atoms with E-state index in [0.717, 1.165) is 26.0 Å². The van der Waals surface area contributed by atoms with E-state index in [1.807, 2.05) is 25.1 Å². The van der Waals surface area contributed by atoms with Crippen molar-refractivity contribution in [3.8, 4) is 11.4 Å². The fraction of sp³-hybridized carbons (Fsp3) is 0.0909. The highest BCUT2D eigenvalue weighted by atomic mass is 79.9. The van der Waals surface area contributed by atoms with Gasteiger partial charge in [-0.05, 0) is 57.0 Å². The van der Waals surface area contributed by atoms with Crippen LogP contribution in [0.4, 0.5) is 0 Å². The number of nitrogens with zero attached hydrogens (tertiary/aromatic N) is 1. The zero-order valence-electron chi connectivity index (χ0n) is 8.72. The highest BCUT2D eigenvalue weighted by Crippen LogP contribution is 2.28. The van der Waals surface area contributed by atoms with E-state index in [2.05, 4.69) is 41.8 Å². The predicted molar refractivity (Wildman–Crippen MR) is 80.0 cm³/mol. The van der Waals surface area contributed by atoms with E-state index in [1.165, 1.54) is 0 Å². The van der Waals surface area contributed by atoms with Gasteiger partial charge in [-0.3, -0.25) is 0 Å². The number of aryl methyl sites for hydroxylation is 1. The van der Waals surface area contributed by atoms with Crippen molar-refractivity contribution in [3.05, 3.63) is 42.5 Å². The number of halogens is 3. The maximum Gasteiger partial charge on any atom is 0.144 e. The highest BCUT2D eigenvalue weighted by molar-refractivity contribution is 9.10. The largest absolute Gasteiger partial charge is 0.342 e. The maximum absolute atomic E-state index is 5.95. The normalized spacial score (nSPS) is 10.6. The van der Waals surface area contributed by atoms with Gasteiger partial charge >= 0.3 is 0 Å². The Morgan fingerprint density at radius 2 is 2.06 bits per heavy atom. The lowest BCUT2D eigenvalue weighted by Crippen LogP contribution is -1.94. The van der Waals surface area contributed by atoms with Crippen LogP contribution in [0.5, 0.6) is 0 Å². The SMILES string of the molecule is Cc1[nH]c(-c2ccc(Cl)c(Br)c2)nc(=S)c1Br. The van der Waals surface area contributed by atoms with Gasteiger partial charge in [0.25, 0.3) is 0 Å². The third-order valence-corrected chi connectivity index (χ3v) is 4.97. The number of H-pyrrole nitrogens is 1. The van der Waals surface area contributed by atoms with Crippen LogP contribution in [0.3, 0.4) is 0 Å². The van der Waals surface area contributed by atoms with Gasteiger partial charge < -0.3 is 4.98 Å². The average molecular weight is 395 g/mol. The first-order valence-electron chi connectivity index (χ1n) is 4.71. The van der Waals surface area contributed by atoms with Crippen molar-refractivity contribution >= 4 is 55.7 Å². The first-order chi connectivity index (χ1) is 7.99. The van der Waals surface area contributed by atoms with Gasteiger partial charge in [-0.15, -0.1) is 0 Å². The first kappa shape index (κ1) is 13.2. The lowest BCUT2D eigenvalue weighted by atomic mass is 10.2. The summed E-state index contributed by atoms with van der Waals surface area (Å²) in [4.78, 5) is 7.51. The molecule has 88 valence electrons. The van der Waals surface area contributed by atoms with Crippen molar-refractivity contribution < 1.29 is 0 Å². The molecule has 0 aliphatic rings. The van der Waals surface area contributed by atoms with Crippen LogP contribution in [0.1, 0.15) is 5.69 Å². The summed E-state index contributed by atoms with van der Waals surface area (Å²) in [6, 6.07) is 5.62. The topological polar surface area (TPSA) is 28.7 Å².